The van der Waals surface area contributed by atoms with Gasteiger partial charge in [-0.05, 0) is 17.7 Å². The first-order valence-corrected chi connectivity index (χ1v) is 5.34. The molecule has 0 bridgehead atoms. The first-order valence-electron chi connectivity index (χ1n) is 5.34. The van der Waals surface area contributed by atoms with E-state index < -0.39 is 24.7 Å². The number of hydrogen-bond acceptors (Lipinski definition) is 3. The first-order chi connectivity index (χ1) is 8.84. The van der Waals surface area contributed by atoms with Gasteiger partial charge in [-0.1, -0.05) is 12.1 Å². The standard InChI is InChI=1S/C12H13F3O4/c1-18-9-4-2-8(3-5-9)6-19-7-10(11(16)17)12(13,14)15/h2-5,10H,6-7H2,1H3,(H,16,17). The average Bonchev–Trinajstić information content (AvgIpc) is 2.33. The molecule has 1 rings (SSSR count). The van der Waals surface area contributed by atoms with E-state index in [9.17, 15) is 18.0 Å². The van der Waals surface area contributed by atoms with Gasteiger partial charge in [0.2, 0.25) is 0 Å². The Hall–Kier alpha value is -1.76. The normalized spacial score (nSPS) is 13.1. The predicted molar refractivity (Wildman–Crippen MR) is 59.8 cm³/mol. The summed E-state index contributed by atoms with van der Waals surface area (Å²) in [5.74, 6) is -3.84. The predicted octanol–water partition coefficient (Wildman–Crippen LogP) is 2.47. The third-order valence-electron chi connectivity index (χ3n) is 2.41. The zero-order valence-electron chi connectivity index (χ0n) is 10.1. The number of halogens is 3. The van der Waals surface area contributed by atoms with Crippen LogP contribution in [-0.4, -0.2) is 31.0 Å². The molecule has 0 heterocycles. The minimum absolute atomic E-state index is 0.0934. The second kappa shape index (κ2) is 6.42. The smallest absolute Gasteiger partial charge is 0.404 e. The van der Waals surface area contributed by atoms with Gasteiger partial charge in [-0.2, -0.15) is 13.2 Å². The quantitative estimate of drug-likeness (QED) is 0.868. The van der Waals surface area contributed by atoms with Gasteiger partial charge in [0.05, 0.1) is 20.3 Å². The molecule has 1 aromatic carbocycles. The Morgan fingerprint density at radius 1 is 1.32 bits per heavy atom. The Labute approximate surface area is 107 Å². The van der Waals surface area contributed by atoms with Crippen molar-refractivity contribution in [3.05, 3.63) is 29.8 Å². The molecule has 0 aromatic heterocycles. The van der Waals surface area contributed by atoms with E-state index in [2.05, 4.69) is 0 Å². The summed E-state index contributed by atoms with van der Waals surface area (Å²) in [6.07, 6.45) is -4.81. The minimum atomic E-state index is -4.81. The highest BCUT2D eigenvalue weighted by atomic mass is 19.4. The summed E-state index contributed by atoms with van der Waals surface area (Å²) in [5.41, 5.74) is 0.632. The molecule has 19 heavy (non-hydrogen) atoms. The molecule has 0 spiro atoms. The summed E-state index contributed by atoms with van der Waals surface area (Å²) >= 11 is 0. The summed E-state index contributed by atoms with van der Waals surface area (Å²) in [5, 5.41) is 8.46. The number of carbonyl (C=O) groups is 1. The molecule has 0 saturated carbocycles. The fourth-order valence-corrected chi connectivity index (χ4v) is 1.32. The number of benzene rings is 1. The summed E-state index contributed by atoms with van der Waals surface area (Å²) in [6.45, 7) is -1.01. The number of rotatable bonds is 6. The summed E-state index contributed by atoms with van der Waals surface area (Å²) in [7, 11) is 1.49. The Morgan fingerprint density at radius 2 is 1.89 bits per heavy atom. The van der Waals surface area contributed by atoms with E-state index >= 15 is 0 Å². The average molecular weight is 278 g/mol. The Bertz CT molecular complexity index is 414. The van der Waals surface area contributed by atoms with Crippen LogP contribution in [-0.2, 0) is 16.1 Å². The minimum Gasteiger partial charge on any atom is -0.497 e. The van der Waals surface area contributed by atoms with E-state index in [1.165, 1.54) is 7.11 Å². The fraction of sp³-hybridized carbons (Fsp3) is 0.417. The monoisotopic (exact) mass is 278 g/mol. The first kappa shape index (κ1) is 15.3. The van der Waals surface area contributed by atoms with Gasteiger partial charge in [0.15, 0.2) is 5.92 Å². The molecule has 0 saturated heterocycles. The van der Waals surface area contributed by atoms with Crippen LogP contribution in [0, 0.1) is 5.92 Å². The van der Waals surface area contributed by atoms with E-state index in [1.54, 1.807) is 24.3 Å². The molecule has 1 atom stereocenters. The Morgan fingerprint density at radius 3 is 2.32 bits per heavy atom. The highest BCUT2D eigenvalue weighted by molar-refractivity contribution is 5.71. The van der Waals surface area contributed by atoms with E-state index in [0.717, 1.165) is 0 Å². The molecule has 4 nitrogen and oxygen atoms in total. The third kappa shape index (κ3) is 4.78. The number of carboxylic acids is 1. The number of aliphatic carboxylic acids is 1. The largest absolute Gasteiger partial charge is 0.497 e. The van der Waals surface area contributed by atoms with Gasteiger partial charge in [-0.15, -0.1) is 0 Å². The van der Waals surface area contributed by atoms with Crippen molar-refractivity contribution in [2.24, 2.45) is 5.92 Å². The SMILES string of the molecule is COc1ccc(COCC(C(=O)O)C(F)(F)F)cc1. The molecule has 1 N–H and O–H groups in total. The maximum Gasteiger partial charge on any atom is 0.404 e. The van der Waals surface area contributed by atoms with Crippen LogP contribution in [0.2, 0.25) is 0 Å². The van der Waals surface area contributed by atoms with E-state index in [-0.39, 0.29) is 6.61 Å². The van der Waals surface area contributed by atoms with Gasteiger partial charge >= 0.3 is 12.1 Å². The molecular weight excluding hydrogens is 265 g/mol. The van der Waals surface area contributed by atoms with Crippen LogP contribution in [0.15, 0.2) is 24.3 Å². The van der Waals surface area contributed by atoms with Crippen molar-refractivity contribution in [2.75, 3.05) is 13.7 Å². The fourth-order valence-electron chi connectivity index (χ4n) is 1.32. The lowest BCUT2D eigenvalue weighted by Crippen LogP contribution is -2.34. The molecule has 7 heteroatoms. The lowest BCUT2D eigenvalue weighted by molar-refractivity contribution is -0.203. The van der Waals surface area contributed by atoms with Crippen molar-refractivity contribution < 1.29 is 32.5 Å². The molecular formula is C12H13F3O4. The van der Waals surface area contributed by atoms with Crippen LogP contribution in [0.1, 0.15) is 5.56 Å². The van der Waals surface area contributed by atoms with Crippen molar-refractivity contribution >= 4 is 5.97 Å². The van der Waals surface area contributed by atoms with Gasteiger partial charge in [-0.25, -0.2) is 0 Å². The van der Waals surface area contributed by atoms with E-state index in [0.29, 0.717) is 11.3 Å². The Balaban J connectivity index is 2.50. The summed E-state index contributed by atoms with van der Waals surface area (Å²) in [6, 6.07) is 6.53. The number of hydrogen-bond donors (Lipinski definition) is 1. The second-order valence-corrected chi connectivity index (χ2v) is 3.80. The molecule has 1 aromatic rings. The van der Waals surface area contributed by atoms with Crippen molar-refractivity contribution in [3.8, 4) is 5.75 Å². The third-order valence-corrected chi connectivity index (χ3v) is 2.41. The van der Waals surface area contributed by atoms with E-state index in [4.69, 9.17) is 14.6 Å². The van der Waals surface area contributed by atoms with Crippen LogP contribution in [0.4, 0.5) is 13.2 Å². The summed E-state index contributed by atoms with van der Waals surface area (Å²) in [4.78, 5) is 10.5. The van der Waals surface area contributed by atoms with E-state index in [1.807, 2.05) is 0 Å². The molecule has 0 fully saturated rings. The van der Waals surface area contributed by atoms with Crippen LogP contribution in [0.5, 0.6) is 5.75 Å². The number of ether oxygens (including phenoxy) is 2. The van der Waals surface area contributed by atoms with Gasteiger partial charge < -0.3 is 14.6 Å². The molecule has 0 radical (unpaired) electrons. The maximum absolute atomic E-state index is 12.3. The van der Waals surface area contributed by atoms with Gasteiger partial charge in [0.1, 0.15) is 5.75 Å². The number of methoxy groups -OCH3 is 1. The number of carboxylic acid groups (broad SMARTS) is 1. The lowest BCUT2D eigenvalue weighted by atomic mass is 10.1. The van der Waals surface area contributed by atoms with Crippen molar-refractivity contribution in [1.82, 2.24) is 0 Å². The van der Waals surface area contributed by atoms with Crippen molar-refractivity contribution in [2.45, 2.75) is 12.8 Å². The van der Waals surface area contributed by atoms with Gasteiger partial charge in [0.25, 0.3) is 0 Å². The van der Waals surface area contributed by atoms with Crippen LogP contribution in [0.3, 0.4) is 0 Å². The molecule has 0 aliphatic rings. The lowest BCUT2D eigenvalue weighted by Gasteiger charge is -2.16. The highest BCUT2D eigenvalue weighted by Gasteiger charge is 2.45. The van der Waals surface area contributed by atoms with Gasteiger partial charge in [0, 0.05) is 0 Å². The molecule has 0 aliphatic heterocycles. The zero-order chi connectivity index (χ0) is 14.5. The van der Waals surface area contributed by atoms with Crippen molar-refractivity contribution in [1.29, 1.82) is 0 Å². The van der Waals surface area contributed by atoms with Crippen molar-refractivity contribution in [3.63, 3.8) is 0 Å². The molecule has 0 amide bonds. The van der Waals surface area contributed by atoms with Crippen LogP contribution >= 0.6 is 0 Å². The van der Waals surface area contributed by atoms with Crippen LogP contribution < -0.4 is 4.74 Å². The van der Waals surface area contributed by atoms with Gasteiger partial charge in [-0.3, -0.25) is 4.79 Å². The highest BCUT2D eigenvalue weighted by Crippen LogP contribution is 2.27. The molecule has 0 aliphatic carbocycles. The van der Waals surface area contributed by atoms with Crippen LogP contribution in [0.25, 0.3) is 0 Å². The molecule has 1 unspecified atom stereocenters. The topological polar surface area (TPSA) is 55.8 Å². The summed E-state index contributed by atoms with van der Waals surface area (Å²) < 4.78 is 46.7. The maximum atomic E-state index is 12.3. The number of alkyl halides is 3. The zero-order valence-corrected chi connectivity index (χ0v) is 10.1. The Kier molecular flexibility index (Phi) is 5.17. The second-order valence-electron chi connectivity index (χ2n) is 3.80. The molecule has 106 valence electrons.